The van der Waals surface area contributed by atoms with Crippen LogP contribution in [0.3, 0.4) is 0 Å². The lowest BCUT2D eigenvalue weighted by Crippen LogP contribution is -2.28. The topological polar surface area (TPSA) is 47.6 Å². The highest BCUT2D eigenvalue weighted by Gasteiger charge is 2.21. The molecule has 0 radical (unpaired) electrons. The molecule has 4 nitrogen and oxygen atoms in total. The van der Waals surface area contributed by atoms with Crippen LogP contribution in [0, 0.1) is 6.92 Å². The van der Waals surface area contributed by atoms with E-state index in [-0.39, 0.29) is 12.3 Å². The summed E-state index contributed by atoms with van der Waals surface area (Å²) in [6.07, 6.45) is 4.37. The average Bonchev–Trinajstić information content (AvgIpc) is 2.70. The number of rotatable bonds is 8. The first-order valence-electron chi connectivity index (χ1n) is 9.71. The number of nitrogens with one attached hydrogen (secondary N) is 1. The van der Waals surface area contributed by atoms with Crippen molar-refractivity contribution in [2.45, 2.75) is 43.4 Å². The van der Waals surface area contributed by atoms with E-state index in [0.717, 1.165) is 49.5 Å². The van der Waals surface area contributed by atoms with Crippen molar-refractivity contribution in [3.63, 3.8) is 0 Å². The maximum Gasteiger partial charge on any atom is 0.157 e. The molecular formula is C22H28ClNO3S. The first kappa shape index (κ1) is 21.5. The van der Waals surface area contributed by atoms with Crippen molar-refractivity contribution in [3.05, 3.63) is 64.2 Å². The SMILES string of the molecule is Cc1ccccc1C(NCCCC1OCCCO1)c1ccc(Cl)cc1S(C)=O. The predicted molar refractivity (Wildman–Crippen MR) is 114 cm³/mol. The molecule has 28 heavy (non-hydrogen) atoms. The van der Waals surface area contributed by atoms with Gasteiger partial charge in [0.1, 0.15) is 0 Å². The Kier molecular flexibility index (Phi) is 8.06. The number of ether oxygens (including phenoxy) is 2. The largest absolute Gasteiger partial charge is 0.353 e. The highest BCUT2D eigenvalue weighted by atomic mass is 35.5. The van der Waals surface area contributed by atoms with E-state index in [4.69, 9.17) is 21.1 Å². The van der Waals surface area contributed by atoms with Crippen LogP contribution in [-0.2, 0) is 20.3 Å². The number of hydrogen-bond acceptors (Lipinski definition) is 4. The van der Waals surface area contributed by atoms with E-state index in [1.165, 1.54) is 11.1 Å². The van der Waals surface area contributed by atoms with Gasteiger partial charge in [0.15, 0.2) is 6.29 Å². The molecule has 0 aliphatic carbocycles. The molecule has 3 rings (SSSR count). The number of hydrogen-bond donors (Lipinski definition) is 1. The lowest BCUT2D eigenvalue weighted by atomic mass is 9.94. The molecule has 0 saturated carbocycles. The summed E-state index contributed by atoms with van der Waals surface area (Å²) in [5.41, 5.74) is 3.38. The van der Waals surface area contributed by atoms with Gasteiger partial charge in [-0.1, -0.05) is 41.9 Å². The molecule has 0 bridgehead atoms. The van der Waals surface area contributed by atoms with E-state index >= 15 is 0 Å². The van der Waals surface area contributed by atoms with Gasteiger partial charge in [0.25, 0.3) is 0 Å². The molecule has 2 unspecified atom stereocenters. The Bertz CT molecular complexity index is 808. The van der Waals surface area contributed by atoms with Crippen LogP contribution in [-0.4, -0.2) is 36.5 Å². The molecule has 1 heterocycles. The summed E-state index contributed by atoms with van der Waals surface area (Å²) in [5.74, 6) is 0. The Morgan fingerprint density at radius 2 is 1.93 bits per heavy atom. The van der Waals surface area contributed by atoms with Gasteiger partial charge in [0.2, 0.25) is 0 Å². The summed E-state index contributed by atoms with van der Waals surface area (Å²) >= 11 is 6.17. The lowest BCUT2D eigenvalue weighted by Gasteiger charge is -2.25. The Hall–Kier alpha value is -1.24. The fourth-order valence-electron chi connectivity index (χ4n) is 3.51. The Labute approximate surface area is 175 Å². The molecule has 1 aliphatic rings. The van der Waals surface area contributed by atoms with E-state index in [9.17, 15) is 4.21 Å². The number of aryl methyl sites for hydroxylation is 1. The van der Waals surface area contributed by atoms with Gasteiger partial charge in [-0.05, 0) is 61.6 Å². The predicted octanol–water partition coefficient (Wildman–Crippen LogP) is 4.61. The van der Waals surface area contributed by atoms with Gasteiger partial charge < -0.3 is 14.8 Å². The second-order valence-electron chi connectivity index (χ2n) is 7.05. The van der Waals surface area contributed by atoms with Crippen molar-refractivity contribution >= 4 is 22.4 Å². The maximum atomic E-state index is 12.4. The second kappa shape index (κ2) is 10.5. The van der Waals surface area contributed by atoms with E-state index < -0.39 is 10.8 Å². The molecule has 0 aromatic heterocycles. The van der Waals surface area contributed by atoms with Crippen molar-refractivity contribution in [3.8, 4) is 0 Å². The minimum absolute atomic E-state index is 0.0504. The molecule has 1 fully saturated rings. The normalized spacial score (nSPS) is 17.4. The zero-order valence-electron chi connectivity index (χ0n) is 16.4. The molecule has 2 aromatic rings. The third-order valence-electron chi connectivity index (χ3n) is 4.96. The van der Waals surface area contributed by atoms with Crippen molar-refractivity contribution in [2.24, 2.45) is 0 Å². The highest BCUT2D eigenvalue weighted by Crippen LogP contribution is 2.31. The summed E-state index contributed by atoms with van der Waals surface area (Å²) < 4.78 is 23.6. The standard InChI is InChI=1S/C22H28ClNO3S/c1-16-7-3-4-8-18(16)22(19-11-10-17(23)15-20(19)28(2)25)24-12-5-9-21-26-13-6-14-27-21/h3-4,7-8,10-11,15,21-22,24H,5-6,9,12-14H2,1-2H3. The Balaban J connectivity index is 1.78. The van der Waals surface area contributed by atoms with Gasteiger partial charge in [0.05, 0.1) is 30.1 Å². The molecule has 1 N–H and O–H groups in total. The minimum Gasteiger partial charge on any atom is -0.353 e. The molecule has 0 spiro atoms. The number of halogens is 1. The van der Waals surface area contributed by atoms with Gasteiger partial charge >= 0.3 is 0 Å². The maximum absolute atomic E-state index is 12.4. The summed E-state index contributed by atoms with van der Waals surface area (Å²) in [7, 11) is -1.13. The van der Waals surface area contributed by atoms with Crippen LogP contribution in [0.4, 0.5) is 0 Å². The van der Waals surface area contributed by atoms with Crippen molar-refractivity contribution < 1.29 is 13.7 Å². The zero-order valence-corrected chi connectivity index (χ0v) is 18.0. The second-order valence-corrected chi connectivity index (χ2v) is 8.83. The molecule has 6 heteroatoms. The fraction of sp³-hybridized carbons (Fsp3) is 0.455. The molecule has 0 amide bonds. The van der Waals surface area contributed by atoms with Gasteiger partial charge in [0, 0.05) is 16.2 Å². The van der Waals surface area contributed by atoms with Crippen LogP contribution in [0.1, 0.15) is 42.0 Å². The van der Waals surface area contributed by atoms with Gasteiger partial charge in [-0.15, -0.1) is 0 Å². The summed E-state index contributed by atoms with van der Waals surface area (Å²) in [5, 5.41) is 4.26. The van der Waals surface area contributed by atoms with Crippen LogP contribution in [0.5, 0.6) is 0 Å². The lowest BCUT2D eigenvalue weighted by molar-refractivity contribution is -0.181. The van der Waals surface area contributed by atoms with Crippen molar-refractivity contribution in [2.75, 3.05) is 26.0 Å². The van der Waals surface area contributed by atoms with E-state index in [2.05, 4.69) is 24.4 Å². The first-order valence-corrected chi connectivity index (χ1v) is 11.6. The Morgan fingerprint density at radius 3 is 2.64 bits per heavy atom. The summed E-state index contributed by atoms with van der Waals surface area (Å²) in [6.45, 7) is 4.47. The van der Waals surface area contributed by atoms with Gasteiger partial charge in [-0.2, -0.15) is 0 Å². The first-order chi connectivity index (χ1) is 13.6. The molecule has 152 valence electrons. The summed E-state index contributed by atoms with van der Waals surface area (Å²) in [4.78, 5) is 0.771. The molecule has 2 atom stereocenters. The fourth-order valence-corrected chi connectivity index (χ4v) is 4.56. The molecule has 2 aromatic carbocycles. The van der Waals surface area contributed by atoms with Crippen molar-refractivity contribution in [1.82, 2.24) is 5.32 Å². The average molecular weight is 422 g/mol. The highest BCUT2D eigenvalue weighted by molar-refractivity contribution is 7.84. The van der Waals surface area contributed by atoms with Crippen LogP contribution >= 0.6 is 11.6 Å². The van der Waals surface area contributed by atoms with E-state index in [1.807, 2.05) is 30.3 Å². The third-order valence-corrected chi connectivity index (χ3v) is 6.17. The van der Waals surface area contributed by atoms with Crippen LogP contribution in [0.25, 0.3) is 0 Å². The quantitative estimate of drug-likeness (QED) is 0.632. The smallest absolute Gasteiger partial charge is 0.157 e. The van der Waals surface area contributed by atoms with E-state index in [1.54, 1.807) is 6.26 Å². The van der Waals surface area contributed by atoms with Crippen molar-refractivity contribution in [1.29, 1.82) is 0 Å². The molecule has 1 aliphatic heterocycles. The van der Waals surface area contributed by atoms with Crippen LogP contribution < -0.4 is 5.32 Å². The monoisotopic (exact) mass is 421 g/mol. The van der Waals surface area contributed by atoms with Gasteiger partial charge in [-0.25, -0.2) is 0 Å². The zero-order chi connectivity index (χ0) is 19.9. The van der Waals surface area contributed by atoms with Crippen LogP contribution in [0.15, 0.2) is 47.4 Å². The minimum atomic E-state index is -1.13. The van der Waals surface area contributed by atoms with Crippen LogP contribution in [0.2, 0.25) is 5.02 Å². The van der Waals surface area contributed by atoms with Gasteiger partial charge in [-0.3, -0.25) is 4.21 Å². The number of benzene rings is 2. The third kappa shape index (κ3) is 5.65. The Morgan fingerprint density at radius 1 is 1.18 bits per heavy atom. The molecular weight excluding hydrogens is 394 g/mol. The van der Waals surface area contributed by atoms with E-state index in [0.29, 0.717) is 5.02 Å². The molecule has 1 saturated heterocycles. The summed E-state index contributed by atoms with van der Waals surface area (Å²) in [6, 6.07) is 13.9.